The number of rotatable bonds is 10. The van der Waals surface area contributed by atoms with E-state index in [4.69, 9.17) is 9.16 Å². The molecule has 27 heavy (non-hydrogen) atoms. The highest BCUT2D eigenvalue weighted by Crippen LogP contribution is 2.66. The minimum absolute atomic E-state index is 0.0811. The summed E-state index contributed by atoms with van der Waals surface area (Å²) in [7, 11) is 0.0649. The van der Waals surface area contributed by atoms with Crippen molar-refractivity contribution in [1.82, 2.24) is 5.32 Å². The van der Waals surface area contributed by atoms with E-state index in [0.29, 0.717) is 11.5 Å². The predicted molar refractivity (Wildman–Crippen MR) is 116 cm³/mol. The van der Waals surface area contributed by atoms with E-state index in [0.717, 1.165) is 24.1 Å². The SMILES string of the molecule is CC[Si-](CC)(CC)OC(CNC1C[C@@H]2[C@H](C1)C2(C)C)c1ccccc1OC. The van der Waals surface area contributed by atoms with Crippen LogP contribution < -0.4 is 10.1 Å². The molecule has 0 spiro atoms. The Kier molecular flexibility index (Phi) is 6.39. The van der Waals surface area contributed by atoms with E-state index in [1.807, 2.05) is 6.07 Å². The fraction of sp³-hybridized carbons (Fsp3) is 0.739. The molecule has 0 saturated heterocycles. The van der Waals surface area contributed by atoms with Crippen LogP contribution in [0.1, 0.15) is 59.1 Å². The number of hydrogen-bond acceptors (Lipinski definition) is 3. The summed E-state index contributed by atoms with van der Waals surface area (Å²) in [6.07, 6.45) is 2.74. The van der Waals surface area contributed by atoms with Gasteiger partial charge in [0.25, 0.3) is 0 Å². The Hall–Kier alpha value is -0.843. The first-order chi connectivity index (χ1) is 12.9. The Labute approximate surface area is 167 Å². The van der Waals surface area contributed by atoms with Gasteiger partial charge in [-0.1, -0.05) is 52.8 Å². The number of fused-ring (bicyclic) bond motifs is 1. The van der Waals surface area contributed by atoms with Gasteiger partial charge in [0.1, 0.15) is 5.75 Å². The lowest BCUT2D eigenvalue weighted by atomic mass is 9.97. The zero-order chi connectivity index (χ0) is 19.7. The Bertz CT molecular complexity index is 606. The highest BCUT2D eigenvalue weighted by atomic mass is 28.4. The van der Waals surface area contributed by atoms with Crippen LogP contribution in [0.4, 0.5) is 0 Å². The van der Waals surface area contributed by atoms with Gasteiger partial charge in [0.05, 0.1) is 13.2 Å². The molecule has 1 aromatic rings. The average Bonchev–Trinajstić information content (AvgIpc) is 3.03. The molecule has 1 aromatic carbocycles. The number of nitrogens with one attached hydrogen (secondary N) is 1. The van der Waals surface area contributed by atoms with E-state index in [-0.39, 0.29) is 6.10 Å². The van der Waals surface area contributed by atoms with Crippen molar-refractivity contribution in [2.45, 2.75) is 77.7 Å². The average molecular weight is 390 g/mol. The summed E-state index contributed by atoms with van der Waals surface area (Å²) in [6, 6.07) is 12.6. The quantitative estimate of drug-likeness (QED) is 0.514. The Morgan fingerprint density at radius 1 is 1.07 bits per heavy atom. The van der Waals surface area contributed by atoms with Gasteiger partial charge in [-0.3, -0.25) is 0 Å². The molecule has 2 aliphatic carbocycles. The molecule has 0 aromatic heterocycles. The topological polar surface area (TPSA) is 30.5 Å². The van der Waals surface area contributed by atoms with Crippen LogP contribution in [0.15, 0.2) is 24.3 Å². The molecule has 0 radical (unpaired) electrons. The summed E-state index contributed by atoms with van der Waals surface area (Å²) < 4.78 is 12.6. The van der Waals surface area contributed by atoms with E-state index in [9.17, 15) is 0 Å². The second-order valence-corrected chi connectivity index (χ2v) is 13.9. The van der Waals surface area contributed by atoms with Gasteiger partial charge in [0, 0.05) is 18.2 Å². The van der Waals surface area contributed by atoms with Gasteiger partial charge in [-0.25, -0.2) is 0 Å². The van der Waals surface area contributed by atoms with Crippen LogP contribution in [0.25, 0.3) is 0 Å². The minimum Gasteiger partial charge on any atom is -0.558 e. The lowest BCUT2D eigenvalue weighted by Gasteiger charge is -2.45. The van der Waals surface area contributed by atoms with E-state index in [1.54, 1.807) is 7.11 Å². The van der Waals surface area contributed by atoms with E-state index < -0.39 is 8.32 Å². The van der Waals surface area contributed by atoms with Gasteiger partial charge in [-0.05, 0) is 44.5 Å². The van der Waals surface area contributed by atoms with Crippen molar-refractivity contribution in [2.75, 3.05) is 13.7 Å². The maximum absolute atomic E-state index is 6.95. The van der Waals surface area contributed by atoms with Crippen LogP contribution in [0.3, 0.4) is 0 Å². The van der Waals surface area contributed by atoms with Gasteiger partial charge in [-0.15, -0.1) is 18.1 Å². The van der Waals surface area contributed by atoms with Crippen molar-refractivity contribution in [1.29, 1.82) is 0 Å². The molecule has 2 unspecified atom stereocenters. The van der Waals surface area contributed by atoms with E-state index in [2.05, 4.69) is 58.1 Å². The van der Waals surface area contributed by atoms with E-state index in [1.165, 1.54) is 36.5 Å². The predicted octanol–water partition coefficient (Wildman–Crippen LogP) is 5.78. The highest BCUT2D eigenvalue weighted by molar-refractivity contribution is 6.73. The van der Waals surface area contributed by atoms with Crippen LogP contribution in [0, 0.1) is 17.3 Å². The third-order valence-electron chi connectivity index (χ3n) is 7.77. The molecule has 4 atom stereocenters. The van der Waals surface area contributed by atoms with Gasteiger partial charge in [0.2, 0.25) is 0 Å². The zero-order valence-corrected chi connectivity index (χ0v) is 19.2. The van der Waals surface area contributed by atoms with Crippen molar-refractivity contribution < 1.29 is 9.16 Å². The molecule has 153 valence electrons. The summed E-state index contributed by atoms with van der Waals surface area (Å²) in [4.78, 5) is 0. The first-order valence-electron chi connectivity index (χ1n) is 10.9. The molecule has 0 amide bonds. The van der Waals surface area contributed by atoms with Crippen molar-refractivity contribution in [3.05, 3.63) is 29.8 Å². The largest absolute Gasteiger partial charge is 0.558 e. The summed E-state index contributed by atoms with van der Waals surface area (Å²) in [5.41, 5.74) is 1.79. The molecule has 0 aliphatic heterocycles. The molecule has 0 heterocycles. The van der Waals surface area contributed by atoms with Crippen LogP contribution in [-0.2, 0) is 4.43 Å². The van der Waals surface area contributed by atoms with Gasteiger partial charge in [0.15, 0.2) is 0 Å². The van der Waals surface area contributed by atoms with Gasteiger partial charge >= 0.3 is 0 Å². The van der Waals surface area contributed by atoms with Crippen molar-refractivity contribution >= 4 is 8.32 Å². The Balaban J connectivity index is 1.72. The third kappa shape index (κ3) is 4.13. The van der Waals surface area contributed by atoms with E-state index >= 15 is 0 Å². The summed E-state index contributed by atoms with van der Waals surface area (Å²) in [6.45, 7) is 12.7. The van der Waals surface area contributed by atoms with Crippen molar-refractivity contribution in [3.63, 3.8) is 0 Å². The first kappa shape index (κ1) is 20.9. The standard InChI is InChI=1S/C23H39NO2Si/c1-7-27(8-2,9-3)26-22(18-12-10-11-13-21(18)25-6)16-24-17-14-19-20(15-17)23(19,4)5/h10-13,17,19-20,22,24H,7-9,14-16H2,1-6H3/q-1/t17?,19-,20+,22?. The molecule has 2 saturated carbocycles. The monoisotopic (exact) mass is 389 g/mol. The summed E-state index contributed by atoms with van der Waals surface area (Å²) in [5, 5.41) is 3.87. The zero-order valence-electron chi connectivity index (χ0n) is 18.2. The first-order valence-corrected chi connectivity index (χ1v) is 13.5. The molecule has 3 nitrogen and oxygen atoms in total. The Morgan fingerprint density at radius 3 is 2.22 bits per heavy atom. The highest BCUT2D eigenvalue weighted by Gasteiger charge is 2.61. The number of hydrogen-bond donors (Lipinski definition) is 1. The van der Waals surface area contributed by atoms with Gasteiger partial charge in [-0.2, -0.15) is 0 Å². The molecule has 0 bridgehead atoms. The second-order valence-electron chi connectivity index (χ2n) is 9.20. The second kappa shape index (κ2) is 8.26. The van der Waals surface area contributed by atoms with Gasteiger partial charge < -0.3 is 14.5 Å². The molecular formula is C23H39NO2Si-. The molecule has 3 rings (SSSR count). The minimum atomic E-state index is -1.70. The van der Waals surface area contributed by atoms with Crippen LogP contribution in [0.2, 0.25) is 18.1 Å². The lowest BCUT2D eigenvalue weighted by molar-refractivity contribution is 0.175. The maximum atomic E-state index is 6.95. The molecule has 2 fully saturated rings. The maximum Gasteiger partial charge on any atom is 0.124 e. The smallest absolute Gasteiger partial charge is 0.124 e. The third-order valence-corrected chi connectivity index (χ3v) is 12.4. The number of para-hydroxylation sites is 1. The molecule has 2 aliphatic rings. The van der Waals surface area contributed by atoms with Crippen LogP contribution in [-0.4, -0.2) is 28.0 Å². The van der Waals surface area contributed by atoms with Crippen LogP contribution in [0.5, 0.6) is 5.75 Å². The molecule has 1 N–H and O–H groups in total. The normalized spacial score (nSPS) is 27.3. The number of ether oxygens (including phenoxy) is 1. The number of benzene rings is 1. The van der Waals surface area contributed by atoms with Crippen LogP contribution >= 0.6 is 0 Å². The molecule has 4 heteroatoms. The fourth-order valence-electron chi connectivity index (χ4n) is 5.39. The summed E-state index contributed by atoms with van der Waals surface area (Å²) in [5.74, 6) is 2.80. The number of methoxy groups -OCH3 is 1. The van der Waals surface area contributed by atoms with Crippen molar-refractivity contribution in [3.8, 4) is 5.75 Å². The molecular weight excluding hydrogens is 350 g/mol. The Morgan fingerprint density at radius 2 is 1.67 bits per heavy atom. The van der Waals surface area contributed by atoms with Crippen molar-refractivity contribution in [2.24, 2.45) is 17.3 Å². The lowest BCUT2D eigenvalue weighted by Crippen LogP contribution is -2.41. The fourth-order valence-corrected chi connectivity index (χ4v) is 8.21. The summed E-state index contributed by atoms with van der Waals surface area (Å²) >= 11 is 0.